The van der Waals surface area contributed by atoms with E-state index >= 15 is 0 Å². The number of benzene rings is 2. The average Bonchev–Trinajstić information content (AvgIpc) is 2.45. The molecule has 0 fully saturated rings. The lowest BCUT2D eigenvalue weighted by molar-refractivity contribution is -0.138. The number of nitrogens with one attached hydrogen (secondary N) is 1. The molecule has 21 heavy (non-hydrogen) atoms. The van der Waals surface area contributed by atoms with E-state index in [-0.39, 0.29) is 4.47 Å². The molecule has 0 heterocycles. The summed E-state index contributed by atoms with van der Waals surface area (Å²) in [6, 6.07) is 14.2. The molecule has 0 saturated carbocycles. The highest BCUT2D eigenvalue weighted by Gasteiger charge is 2.33. The summed E-state index contributed by atoms with van der Waals surface area (Å²) in [7, 11) is 0. The van der Waals surface area contributed by atoms with E-state index < -0.39 is 11.7 Å². The van der Waals surface area contributed by atoms with Gasteiger partial charge in [0.05, 0.1) is 5.56 Å². The maximum absolute atomic E-state index is 12.8. The Labute approximate surface area is 130 Å². The van der Waals surface area contributed by atoms with Crippen molar-refractivity contribution >= 4 is 21.6 Å². The van der Waals surface area contributed by atoms with Crippen molar-refractivity contribution in [1.29, 1.82) is 0 Å². The van der Waals surface area contributed by atoms with Crippen molar-refractivity contribution in [2.45, 2.75) is 19.0 Å². The Morgan fingerprint density at radius 2 is 1.71 bits per heavy atom. The average molecular weight is 358 g/mol. The molecule has 1 N–H and O–H groups in total. The molecule has 0 aliphatic rings. The van der Waals surface area contributed by atoms with Crippen molar-refractivity contribution in [3.05, 3.63) is 64.1 Å². The van der Waals surface area contributed by atoms with Gasteiger partial charge in [0.1, 0.15) is 0 Å². The van der Waals surface area contributed by atoms with Gasteiger partial charge in [0.25, 0.3) is 0 Å². The van der Waals surface area contributed by atoms with Crippen LogP contribution in [0.5, 0.6) is 0 Å². The zero-order valence-corrected chi connectivity index (χ0v) is 12.8. The summed E-state index contributed by atoms with van der Waals surface area (Å²) in [5.74, 6) is 0. The van der Waals surface area contributed by atoms with Crippen LogP contribution in [-0.4, -0.2) is 6.54 Å². The molecule has 1 nitrogen and oxygen atoms in total. The highest BCUT2D eigenvalue weighted by atomic mass is 79.9. The summed E-state index contributed by atoms with van der Waals surface area (Å²) in [5.41, 5.74) is 1.06. The van der Waals surface area contributed by atoms with Gasteiger partial charge < -0.3 is 5.32 Å². The Morgan fingerprint density at radius 1 is 1.00 bits per heavy atom. The standard InChI is InChI=1S/C16H15BrF3N/c17-15-9-8-13(11-14(15)16(18,19)20)21-10-4-7-12-5-2-1-3-6-12/h1-3,5-6,8-9,11,21H,4,7,10H2. The maximum Gasteiger partial charge on any atom is 0.417 e. The molecule has 0 bridgehead atoms. The van der Waals surface area contributed by atoms with Crippen molar-refractivity contribution in [2.24, 2.45) is 0 Å². The maximum atomic E-state index is 12.8. The van der Waals surface area contributed by atoms with Crippen LogP contribution in [0.2, 0.25) is 0 Å². The van der Waals surface area contributed by atoms with Crippen LogP contribution < -0.4 is 5.32 Å². The second kappa shape index (κ2) is 6.98. The molecule has 0 aromatic heterocycles. The molecule has 2 rings (SSSR count). The molecule has 0 spiro atoms. The molecule has 0 saturated heterocycles. The normalized spacial score (nSPS) is 11.4. The van der Waals surface area contributed by atoms with Gasteiger partial charge in [0, 0.05) is 16.7 Å². The predicted molar refractivity (Wildman–Crippen MR) is 82.4 cm³/mol. The number of alkyl halides is 3. The predicted octanol–water partition coefficient (Wildman–Crippen LogP) is 5.51. The molecule has 5 heteroatoms. The fourth-order valence-corrected chi connectivity index (χ4v) is 2.49. The lowest BCUT2D eigenvalue weighted by Crippen LogP contribution is -2.08. The van der Waals surface area contributed by atoms with Crippen molar-refractivity contribution in [3.8, 4) is 0 Å². The first-order valence-electron chi connectivity index (χ1n) is 6.61. The first-order chi connectivity index (χ1) is 9.97. The number of halogens is 4. The van der Waals surface area contributed by atoms with Gasteiger partial charge in [-0.25, -0.2) is 0 Å². The Bertz CT molecular complexity index is 582. The number of anilines is 1. The Kier molecular flexibility index (Phi) is 5.28. The van der Waals surface area contributed by atoms with Crippen molar-refractivity contribution in [3.63, 3.8) is 0 Å². The van der Waals surface area contributed by atoms with Gasteiger partial charge in [-0.3, -0.25) is 0 Å². The van der Waals surface area contributed by atoms with Crippen molar-refractivity contribution < 1.29 is 13.2 Å². The molecular formula is C16H15BrF3N. The van der Waals surface area contributed by atoms with E-state index in [1.54, 1.807) is 6.07 Å². The third-order valence-corrected chi connectivity index (χ3v) is 3.78. The lowest BCUT2D eigenvalue weighted by atomic mass is 10.1. The van der Waals surface area contributed by atoms with Crippen LogP contribution in [0.25, 0.3) is 0 Å². The summed E-state index contributed by atoms with van der Waals surface area (Å²) in [6.45, 7) is 0.633. The second-order valence-electron chi connectivity index (χ2n) is 4.71. The van der Waals surface area contributed by atoms with Crippen LogP contribution in [-0.2, 0) is 12.6 Å². The lowest BCUT2D eigenvalue weighted by Gasteiger charge is -2.12. The van der Waals surface area contributed by atoms with Crippen LogP contribution >= 0.6 is 15.9 Å². The fourth-order valence-electron chi connectivity index (χ4n) is 2.02. The second-order valence-corrected chi connectivity index (χ2v) is 5.56. The monoisotopic (exact) mass is 357 g/mol. The van der Waals surface area contributed by atoms with Crippen LogP contribution in [0.1, 0.15) is 17.5 Å². The highest BCUT2D eigenvalue weighted by molar-refractivity contribution is 9.10. The van der Waals surface area contributed by atoms with Crippen LogP contribution in [0.3, 0.4) is 0 Å². The van der Waals surface area contributed by atoms with Gasteiger partial charge in [-0.05, 0) is 36.6 Å². The van der Waals surface area contributed by atoms with E-state index in [4.69, 9.17) is 0 Å². The third-order valence-electron chi connectivity index (χ3n) is 3.09. The van der Waals surface area contributed by atoms with E-state index in [0.29, 0.717) is 12.2 Å². The fraction of sp³-hybridized carbons (Fsp3) is 0.250. The molecular weight excluding hydrogens is 343 g/mol. The van der Waals surface area contributed by atoms with Gasteiger partial charge in [0.15, 0.2) is 0 Å². The minimum Gasteiger partial charge on any atom is -0.385 e. The molecule has 2 aromatic carbocycles. The van der Waals surface area contributed by atoms with Crippen LogP contribution in [0, 0.1) is 0 Å². The minimum absolute atomic E-state index is 0.0600. The number of rotatable bonds is 5. The minimum atomic E-state index is -4.35. The molecule has 2 aromatic rings. The molecule has 0 radical (unpaired) electrons. The van der Waals surface area contributed by atoms with E-state index in [1.807, 2.05) is 30.3 Å². The Hall–Kier alpha value is -1.49. The molecule has 0 atom stereocenters. The molecule has 112 valence electrons. The molecule has 0 aliphatic heterocycles. The van der Waals surface area contributed by atoms with Gasteiger partial charge >= 0.3 is 6.18 Å². The van der Waals surface area contributed by atoms with E-state index in [2.05, 4.69) is 21.2 Å². The van der Waals surface area contributed by atoms with Gasteiger partial charge in [0.2, 0.25) is 0 Å². The smallest absolute Gasteiger partial charge is 0.385 e. The van der Waals surface area contributed by atoms with E-state index in [0.717, 1.165) is 18.9 Å². The van der Waals surface area contributed by atoms with Crippen molar-refractivity contribution in [2.75, 3.05) is 11.9 Å². The molecule has 0 aliphatic carbocycles. The largest absolute Gasteiger partial charge is 0.417 e. The topological polar surface area (TPSA) is 12.0 Å². The number of hydrogen-bond acceptors (Lipinski definition) is 1. The summed E-state index contributed by atoms with van der Waals surface area (Å²) < 4.78 is 38.4. The number of aryl methyl sites for hydroxylation is 1. The first kappa shape index (κ1) is 15.9. The van der Waals surface area contributed by atoms with Gasteiger partial charge in [-0.15, -0.1) is 0 Å². The molecule has 0 amide bonds. The van der Waals surface area contributed by atoms with Gasteiger partial charge in [-0.2, -0.15) is 13.2 Å². The third kappa shape index (κ3) is 4.77. The quantitative estimate of drug-likeness (QED) is 0.695. The van der Waals surface area contributed by atoms with Gasteiger partial charge in [-0.1, -0.05) is 46.3 Å². The van der Waals surface area contributed by atoms with Crippen LogP contribution in [0.4, 0.5) is 18.9 Å². The summed E-state index contributed by atoms with van der Waals surface area (Å²) in [4.78, 5) is 0. The summed E-state index contributed by atoms with van der Waals surface area (Å²) in [5, 5.41) is 3.03. The molecule has 0 unspecified atom stereocenters. The SMILES string of the molecule is FC(F)(F)c1cc(NCCCc2ccccc2)ccc1Br. The van der Waals surface area contributed by atoms with E-state index in [9.17, 15) is 13.2 Å². The Balaban J connectivity index is 1.89. The zero-order valence-electron chi connectivity index (χ0n) is 11.3. The Morgan fingerprint density at radius 3 is 2.38 bits per heavy atom. The van der Waals surface area contributed by atoms with Crippen LogP contribution in [0.15, 0.2) is 53.0 Å². The van der Waals surface area contributed by atoms with E-state index in [1.165, 1.54) is 11.6 Å². The zero-order chi connectivity index (χ0) is 15.3. The highest BCUT2D eigenvalue weighted by Crippen LogP contribution is 2.36. The summed E-state index contributed by atoms with van der Waals surface area (Å²) >= 11 is 2.93. The summed E-state index contributed by atoms with van der Waals surface area (Å²) in [6.07, 6.45) is -2.58. The number of hydrogen-bond donors (Lipinski definition) is 1. The van der Waals surface area contributed by atoms with Crippen molar-refractivity contribution in [1.82, 2.24) is 0 Å². The first-order valence-corrected chi connectivity index (χ1v) is 7.40.